The topological polar surface area (TPSA) is 9.23 Å². The van der Waals surface area contributed by atoms with E-state index in [2.05, 4.69) is 20.7 Å². The molecule has 0 radical (unpaired) electrons. The monoisotopic (exact) mass is 402 g/mol. The van der Waals surface area contributed by atoms with Crippen molar-refractivity contribution in [3.8, 4) is 16.9 Å². The molecule has 0 heterocycles. The van der Waals surface area contributed by atoms with Crippen molar-refractivity contribution >= 4 is 15.9 Å². The number of hydrogen-bond donors (Lipinski definition) is 0. The Bertz CT molecular complexity index is 714. The first kappa shape index (κ1) is 17.6. The second-order valence-corrected chi connectivity index (χ2v) is 4.88. The Hall–Kier alpha value is -1.77. The molecule has 0 atom stereocenters. The summed E-state index contributed by atoms with van der Waals surface area (Å²) in [4.78, 5) is 0. The number of ether oxygens (including phenoxy) is 1. The van der Waals surface area contributed by atoms with Crippen LogP contribution in [0.1, 0.15) is 5.56 Å². The second-order valence-electron chi connectivity index (χ2n) is 4.32. The molecule has 0 spiro atoms. The van der Waals surface area contributed by atoms with Crippen LogP contribution >= 0.6 is 15.9 Å². The smallest absolute Gasteiger partial charge is 0.406 e. The van der Waals surface area contributed by atoms with Crippen LogP contribution < -0.4 is 4.74 Å². The first-order valence-corrected chi connectivity index (χ1v) is 7.04. The molecule has 0 aliphatic carbocycles. The van der Waals surface area contributed by atoms with Gasteiger partial charge in [-0.15, -0.1) is 13.2 Å². The van der Waals surface area contributed by atoms with Crippen molar-refractivity contribution in [2.24, 2.45) is 0 Å². The molecule has 0 saturated heterocycles. The zero-order valence-corrected chi connectivity index (χ0v) is 12.5. The molecule has 0 fully saturated rings. The fourth-order valence-corrected chi connectivity index (χ4v) is 2.39. The zero-order valence-electron chi connectivity index (χ0n) is 10.9. The minimum atomic E-state index is -5.02. The third kappa shape index (κ3) is 3.60. The fourth-order valence-electron chi connectivity index (χ4n) is 1.90. The molecular formula is C14H6BrF7O. The molecule has 2 rings (SSSR count). The molecule has 2 aromatic rings. The third-order valence-electron chi connectivity index (χ3n) is 2.84. The maximum atomic E-state index is 14.0. The van der Waals surface area contributed by atoms with Crippen LogP contribution in [-0.4, -0.2) is 6.36 Å². The third-order valence-corrected chi connectivity index (χ3v) is 3.40. The van der Waals surface area contributed by atoms with Crippen molar-refractivity contribution in [1.29, 1.82) is 0 Å². The van der Waals surface area contributed by atoms with Gasteiger partial charge in [0, 0.05) is 10.9 Å². The summed E-state index contributed by atoms with van der Waals surface area (Å²) in [5, 5.41) is -0.476. The van der Waals surface area contributed by atoms with Gasteiger partial charge in [0.25, 0.3) is 0 Å². The largest absolute Gasteiger partial charge is 0.573 e. The van der Waals surface area contributed by atoms with Gasteiger partial charge in [0.1, 0.15) is 5.75 Å². The Morgan fingerprint density at radius 3 is 1.96 bits per heavy atom. The van der Waals surface area contributed by atoms with Crippen LogP contribution in [0.4, 0.5) is 30.7 Å². The van der Waals surface area contributed by atoms with Crippen LogP contribution in [-0.2, 0) is 5.33 Å². The molecule has 0 bridgehead atoms. The van der Waals surface area contributed by atoms with Crippen molar-refractivity contribution in [3.05, 3.63) is 53.1 Å². The van der Waals surface area contributed by atoms with Crippen molar-refractivity contribution in [1.82, 2.24) is 0 Å². The van der Waals surface area contributed by atoms with Crippen molar-refractivity contribution in [2.75, 3.05) is 0 Å². The molecule has 0 aliphatic heterocycles. The van der Waals surface area contributed by atoms with Crippen LogP contribution in [0.5, 0.6) is 5.75 Å². The van der Waals surface area contributed by atoms with E-state index in [0.29, 0.717) is 6.07 Å². The molecule has 0 aromatic heterocycles. The van der Waals surface area contributed by atoms with Crippen molar-refractivity contribution in [3.63, 3.8) is 0 Å². The van der Waals surface area contributed by atoms with Crippen molar-refractivity contribution in [2.45, 2.75) is 11.7 Å². The van der Waals surface area contributed by atoms with Gasteiger partial charge in [-0.25, -0.2) is 17.6 Å². The average Bonchev–Trinajstić information content (AvgIpc) is 2.45. The van der Waals surface area contributed by atoms with Gasteiger partial charge in [0.05, 0.1) is 5.56 Å². The van der Waals surface area contributed by atoms with Gasteiger partial charge in [-0.2, -0.15) is 0 Å². The molecule has 23 heavy (non-hydrogen) atoms. The highest BCUT2D eigenvalue weighted by Crippen LogP contribution is 2.35. The van der Waals surface area contributed by atoms with Gasteiger partial charge in [-0.3, -0.25) is 0 Å². The predicted molar refractivity (Wildman–Crippen MR) is 71.0 cm³/mol. The van der Waals surface area contributed by atoms with E-state index in [1.54, 1.807) is 0 Å². The van der Waals surface area contributed by atoms with E-state index in [0.717, 1.165) is 18.2 Å². The van der Waals surface area contributed by atoms with Crippen LogP contribution in [0.3, 0.4) is 0 Å². The summed E-state index contributed by atoms with van der Waals surface area (Å²) in [6, 6.07) is 3.51. The summed E-state index contributed by atoms with van der Waals surface area (Å²) >= 11 is 2.69. The Labute approximate surface area is 133 Å². The van der Waals surface area contributed by atoms with Crippen LogP contribution in [0.2, 0.25) is 0 Å². The van der Waals surface area contributed by atoms with E-state index >= 15 is 0 Å². The van der Waals surface area contributed by atoms with E-state index in [-0.39, 0.29) is 0 Å². The van der Waals surface area contributed by atoms with Crippen molar-refractivity contribution < 1.29 is 35.5 Å². The van der Waals surface area contributed by atoms with E-state index in [4.69, 9.17) is 0 Å². The molecule has 0 unspecified atom stereocenters. The molecule has 2 aromatic carbocycles. The van der Waals surface area contributed by atoms with Gasteiger partial charge in [0.2, 0.25) is 0 Å². The number of rotatable bonds is 3. The Kier molecular flexibility index (Phi) is 4.88. The lowest BCUT2D eigenvalue weighted by molar-refractivity contribution is -0.274. The summed E-state index contributed by atoms with van der Waals surface area (Å²) < 4.78 is 95.5. The number of hydrogen-bond acceptors (Lipinski definition) is 1. The van der Waals surface area contributed by atoms with Gasteiger partial charge >= 0.3 is 6.36 Å². The zero-order chi connectivity index (χ0) is 17.4. The lowest BCUT2D eigenvalue weighted by Crippen LogP contribution is -2.17. The van der Waals surface area contributed by atoms with E-state index in [9.17, 15) is 30.7 Å². The Balaban J connectivity index is 2.62. The minimum absolute atomic E-state index is 0.476. The molecule has 124 valence electrons. The van der Waals surface area contributed by atoms with Gasteiger partial charge in [-0.05, 0) is 17.7 Å². The first-order valence-electron chi connectivity index (χ1n) is 5.92. The quantitative estimate of drug-likeness (QED) is 0.363. The molecule has 0 amide bonds. The molecule has 9 heteroatoms. The number of alkyl halides is 4. The molecule has 0 aliphatic rings. The summed E-state index contributed by atoms with van der Waals surface area (Å²) in [5.74, 6) is -7.44. The Morgan fingerprint density at radius 2 is 1.48 bits per heavy atom. The molecule has 0 N–H and O–H groups in total. The molecule has 1 nitrogen and oxygen atoms in total. The predicted octanol–water partition coefficient (Wildman–Crippen LogP) is 5.70. The van der Waals surface area contributed by atoms with E-state index in [1.165, 1.54) is 0 Å². The molecular weight excluding hydrogens is 397 g/mol. The Morgan fingerprint density at radius 1 is 0.913 bits per heavy atom. The second kappa shape index (κ2) is 6.38. The fraction of sp³-hybridized carbons (Fsp3) is 0.143. The number of benzene rings is 2. The first-order chi connectivity index (χ1) is 10.7. The highest BCUT2D eigenvalue weighted by molar-refractivity contribution is 9.08. The van der Waals surface area contributed by atoms with Gasteiger partial charge in [-0.1, -0.05) is 28.1 Å². The van der Waals surface area contributed by atoms with Gasteiger partial charge in [0.15, 0.2) is 23.3 Å². The van der Waals surface area contributed by atoms with Gasteiger partial charge < -0.3 is 4.74 Å². The summed E-state index contributed by atoms with van der Waals surface area (Å²) in [5.41, 5.74) is -2.47. The molecule has 0 saturated carbocycles. The summed E-state index contributed by atoms with van der Waals surface area (Å²) in [6.45, 7) is 0. The standard InChI is InChI=1S/C14H6BrF7O/c15-5-8-10(16)12(18)9(13(19)11(8)17)6-2-1-3-7(4-6)23-14(20,21)22/h1-4H,5H2. The van der Waals surface area contributed by atoms with Crippen LogP contribution in [0.25, 0.3) is 11.1 Å². The number of halogens is 8. The highest BCUT2D eigenvalue weighted by atomic mass is 79.9. The minimum Gasteiger partial charge on any atom is -0.406 e. The van der Waals surface area contributed by atoms with E-state index in [1.807, 2.05) is 0 Å². The lowest BCUT2D eigenvalue weighted by atomic mass is 10.0. The van der Waals surface area contributed by atoms with Crippen LogP contribution in [0.15, 0.2) is 24.3 Å². The van der Waals surface area contributed by atoms with E-state index < -0.39 is 57.4 Å². The maximum Gasteiger partial charge on any atom is 0.573 e. The summed E-state index contributed by atoms with van der Waals surface area (Å²) in [6.07, 6.45) is -5.02. The lowest BCUT2D eigenvalue weighted by Gasteiger charge is -2.13. The summed E-state index contributed by atoms with van der Waals surface area (Å²) in [7, 11) is 0. The maximum absolute atomic E-state index is 14.0. The normalized spacial score (nSPS) is 11.7. The SMILES string of the molecule is Fc1c(F)c(-c2cccc(OC(F)(F)F)c2)c(F)c(F)c1CBr. The van der Waals surface area contributed by atoms with Crippen LogP contribution in [0, 0.1) is 23.3 Å². The average molecular weight is 403 g/mol. The highest BCUT2D eigenvalue weighted by Gasteiger charge is 2.31.